The Morgan fingerprint density at radius 1 is 0.347 bits per heavy atom. The molecule has 0 aliphatic carbocycles. The summed E-state index contributed by atoms with van der Waals surface area (Å²) in [6.07, 6.45) is 1.85. The van der Waals surface area contributed by atoms with E-state index in [1.54, 1.807) is 11.3 Å². The van der Waals surface area contributed by atoms with Crippen molar-refractivity contribution >= 4 is 31.5 Å². The first-order chi connectivity index (χ1) is 24.3. The second-order valence-corrected chi connectivity index (χ2v) is 13.0. The largest absolute Gasteiger partial charge is 0.255 e. The normalized spacial score (nSPS) is 11.3. The van der Waals surface area contributed by atoms with Crippen LogP contribution in [-0.4, -0.2) is 19.9 Å². The van der Waals surface area contributed by atoms with E-state index in [4.69, 9.17) is 19.9 Å². The Morgan fingerprint density at radius 3 is 1.47 bits per heavy atom. The van der Waals surface area contributed by atoms with Crippen molar-refractivity contribution in [2.75, 3.05) is 0 Å². The third-order valence-corrected chi connectivity index (χ3v) is 9.98. The molecule has 0 aliphatic heterocycles. The first kappa shape index (κ1) is 28.9. The number of fused-ring (bicyclic) bond motifs is 3. The third kappa shape index (κ3) is 5.46. The Kier molecular flexibility index (Phi) is 7.30. The molecule has 0 saturated carbocycles. The van der Waals surface area contributed by atoms with Gasteiger partial charge >= 0.3 is 0 Å². The lowest BCUT2D eigenvalue weighted by Crippen LogP contribution is -2.02. The molecule has 0 unspecified atom stereocenters. The molecule has 0 bridgehead atoms. The van der Waals surface area contributed by atoms with Gasteiger partial charge in [-0.05, 0) is 46.5 Å². The van der Waals surface area contributed by atoms with Gasteiger partial charge in [0, 0.05) is 48.6 Å². The molecule has 6 aromatic carbocycles. The number of rotatable bonds is 6. The summed E-state index contributed by atoms with van der Waals surface area (Å²) in [6, 6.07) is 56.7. The third-order valence-electron chi connectivity index (χ3n) is 8.84. The quantitative estimate of drug-likeness (QED) is 0.181. The minimum Gasteiger partial charge on any atom is -0.255 e. The summed E-state index contributed by atoms with van der Waals surface area (Å²) in [6.45, 7) is 0. The van der Waals surface area contributed by atoms with Crippen LogP contribution in [0.25, 0.3) is 87.8 Å². The van der Waals surface area contributed by atoms with Gasteiger partial charge < -0.3 is 0 Å². The van der Waals surface area contributed by atoms with Crippen LogP contribution in [0.5, 0.6) is 0 Å². The van der Waals surface area contributed by atoms with E-state index < -0.39 is 0 Å². The molecular formula is C44H28N4S. The predicted octanol–water partition coefficient (Wildman–Crippen LogP) is 11.6. The summed E-state index contributed by atoms with van der Waals surface area (Å²) < 4.78 is 2.48. The summed E-state index contributed by atoms with van der Waals surface area (Å²) in [5, 5.41) is 2.43. The van der Waals surface area contributed by atoms with E-state index in [2.05, 4.69) is 146 Å². The van der Waals surface area contributed by atoms with Crippen molar-refractivity contribution in [1.29, 1.82) is 0 Å². The highest BCUT2D eigenvalue weighted by Crippen LogP contribution is 2.41. The first-order valence-corrected chi connectivity index (χ1v) is 17.0. The molecule has 49 heavy (non-hydrogen) atoms. The standard InChI is InChI=1S/C44H28N4S/c1-3-11-29(12-4-1)31-20-24-33(25-21-31)42-46-43(34-26-22-32(23-27-34)30-13-5-2-6-14-30)48-44(47-42)37-17-10-28-45-41(37)36-16-9-19-39-40(36)35-15-7-8-18-38(35)49-39/h1-28H. The van der Waals surface area contributed by atoms with Crippen molar-refractivity contribution in [3.05, 3.63) is 170 Å². The highest BCUT2D eigenvalue weighted by atomic mass is 32.1. The Morgan fingerprint density at radius 2 is 0.837 bits per heavy atom. The number of pyridine rings is 1. The fraction of sp³-hybridized carbons (Fsp3) is 0. The number of benzene rings is 6. The number of hydrogen-bond acceptors (Lipinski definition) is 5. The number of aromatic nitrogens is 4. The van der Waals surface area contributed by atoms with Crippen LogP contribution in [0.15, 0.2) is 170 Å². The van der Waals surface area contributed by atoms with Crippen LogP contribution in [0, 0.1) is 0 Å². The van der Waals surface area contributed by atoms with E-state index in [0.29, 0.717) is 17.5 Å². The van der Waals surface area contributed by atoms with Gasteiger partial charge in [0.1, 0.15) is 0 Å². The molecule has 0 saturated heterocycles. The molecule has 230 valence electrons. The molecule has 5 heteroatoms. The molecule has 0 spiro atoms. The second-order valence-electron chi connectivity index (χ2n) is 11.9. The van der Waals surface area contributed by atoms with Crippen LogP contribution >= 0.6 is 11.3 Å². The molecule has 0 radical (unpaired) electrons. The zero-order valence-electron chi connectivity index (χ0n) is 26.4. The molecule has 0 aliphatic rings. The molecule has 9 aromatic rings. The van der Waals surface area contributed by atoms with E-state index in [1.807, 2.05) is 24.4 Å². The number of thiophene rings is 1. The van der Waals surface area contributed by atoms with E-state index in [1.165, 1.54) is 31.3 Å². The maximum absolute atomic E-state index is 5.12. The fourth-order valence-electron chi connectivity index (χ4n) is 6.41. The van der Waals surface area contributed by atoms with Crippen LogP contribution in [0.1, 0.15) is 0 Å². The summed E-state index contributed by atoms with van der Waals surface area (Å²) in [5.74, 6) is 1.81. The highest BCUT2D eigenvalue weighted by Gasteiger charge is 2.19. The molecule has 3 heterocycles. The van der Waals surface area contributed by atoms with E-state index in [-0.39, 0.29) is 0 Å². The maximum Gasteiger partial charge on any atom is 0.166 e. The lowest BCUT2D eigenvalue weighted by Gasteiger charge is -2.13. The molecular weight excluding hydrogens is 617 g/mol. The average Bonchev–Trinajstić information content (AvgIpc) is 3.58. The lowest BCUT2D eigenvalue weighted by atomic mass is 9.99. The predicted molar refractivity (Wildman–Crippen MR) is 203 cm³/mol. The van der Waals surface area contributed by atoms with Gasteiger partial charge in [-0.25, -0.2) is 15.0 Å². The van der Waals surface area contributed by atoms with Gasteiger partial charge in [0.05, 0.1) is 5.69 Å². The van der Waals surface area contributed by atoms with Crippen LogP contribution < -0.4 is 0 Å². The Bertz CT molecular complexity index is 2480. The van der Waals surface area contributed by atoms with Crippen molar-refractivity contribution in [2.45, 2.75) is 0 Å². The second kappa shape index (κ2) is 12.4. The SMILES string of the molecule is c1ccc(-c2ccc(-c3nc(-c4ccc(-c5ccccc5)cc4)nc(-c4cccnc4-c4cccc5sc6ccccc6c45)n3)cc2)cc1. The summed E-state index contributed by atoms with van der Waals surface area (Å²) >= 11 is 1.80. The average molecular weight is 645 g/mol. The highest BCUT2D eigenvalue weighted by molar-refractivity contribution is 7.25. The zero-order chi connectivity index (χ0) is 32.6. The number of nitrogens with zero attached hydrogens (tertiary/aromatic N) is 4. The van der Waals surface area contributed by atoms with Gasteiger partial charge in [0.2, 0.25) is 0 Å². The molecule has 0 fully saturated rings. The van der Waals surface area contributed by atoms with E-state index in [0.717, 1.165) is 39.1 Å². The Labute approximate surface area is 288 Å². The van der Waals surface area contributed by atoms with Gasteiger partial charge in [-0.3, -0.25) is 4.98 Å². The van der Waals surface area contributed by atoms with Crippen LogP contribution in [0.3, 0.4) is 0 Å². The van der Waals surface area contributed by atoms with Gasteiger partial charge in [0.25, 0.3) is 0 Å². The minimum atomic E-state index is 0.582. The zero-order valence-corrected chi connectivity index (χ0v) is 27.2. The van der Waals surface area contributed by atoms with Gasteiger partial charge in [-0.2, -0.15) is 0 Å². The van der Waals surface area contributed by atoms with Gasteiger partial charge in [-0.1, -0.05) is 140 Å². The van der Waals surface area contributed by atoms with Crippen molar-refractivity contribution in [2.24, 2.45) is 0 Å². The van der Waals surface area contributed by atoms with Crippen LogP contribution in [0.4, 0.5) is 0 Å². The van der Waals surface area contributed by atoms with Gasteiger partial charge in [0.15, 0.2) is 17.5 Å². The van der Waals surface area contributed by atoms with Crippen molar-refractivity contribution in [1.82, 2.24) is 19.9 Å². The van der Waals surface area contributed by atoms with Crippen LogP contribution in [0.2, 0.25) is 0 Å². The molecule has 3 aromatic heterocycles. The van der Waals surface area contributed by atoms with E-state index >= 15 is 0 Å². The minimum absolute atomic E-state index is 0.582. The molecule has 0 amide bonds. The summed E-state index contributed by atoms with van der Waals surface area (Å²) in [5.41, 5.74) is 9.22. The monoisotopic (exact) mass is 644 g/mol. The maximum atomic E-state index is 5.12. The Hall–Kier alpha value is -6.30. The van der Waals surface area contributed by atoms with Gasteiger partial charge in [-0.15, -0.1) is 11.3 Å². The molecule has 9 rings (SSSR count). The first-order valence-electron chi connectivity index (χ1n) is 16.2. The topological polar surface area (TPSA) is 51.6 Å². The lowest BCUT2D eigenvalue weighted by molar-refractivity contribution is 1.07. The molecule has 0 atom stereocenters. The van der Waals surface area contributed by atoms with Crippen molar-refractivity contribution in [3.63, 3.8) is 0 Å². The number of hydrogen-bond donors (Lipinski definition) is 0. The summed E-state index contributed by atoms with van der Waals surface area (Å²) in [4.78, 5) is 20.3. The van der Waals surface area contributed by atoms with Crippen molar-refractivity contribution in [3.8, 4) is 67.7 Å². The van der Waals surface area contributed by atoms with E-state index in [9.17, 15) is 0 Å². The summed E-state index contributed by atoms with van der Waals surface area (Å²) in [7, 11) is 0. The Balaban J connectivity index is 1.21. The van der Waals surface area contributed by atoms with Crippen molar-refractivity contribution < 1.29 is 0 Å². The smallest absolute Gasteiger partial charge is 0.166 e. The fourth-order valence-corrected chi connectivity index (χ4v) is 7.54. The molecule has 0 N–H and O–H groups in total. The van der Waals surface area contributed by atoms with Crippen LogP contribution in [-0.2, 0) is 0 Å². The molecule has 4 nitrogen and oxygen atoms in total.